The van der Waals surface area contributed by atoms with Gasteiger partial charge < -0.3 is 9.32 Å². The molecule has 3 aromatic carbocycles. The van der Waals surface area contributed by atoms with Gasteiger partial charge in [0.1, 0.15) is 24.4 Å². The van der Waals surface area contributed by atoms with Gasteiger partial charge in [0.2, 0.25) is 0 Å². The van der Waals surface area contributed by atoms with Crippen molar-refractivity contribution in [2.45, 2.75) is 59.3 Å². The maximum atomic E-state index is 6.26. The first kappa shape index (κ1) is 22.7. The van der Waals surface area contributed by atoms with Gasteiger partial charge in [0.25, 0.3) is 0 Å². The van der Waals surface area contributed by atoms with E-state index < -0.39 is 0 Å². The van der Waals surface area contributed by atoms with Crippen molar-refractivity contribution < 1.29 is 9.10 Å². The zero-order valence-electron chi connectivity index (χ0n) is 22.3. The van der Waals surface area contributed by atoms with Crippen LogP contribution in [-0.2, 0) is 12.6 Å². The minimum atomic E-state index is -0.268. The number of para-hydroxylation sites is 2. The van der Waals surface area contributed by atoms with Gasteiger partial charge in [-0.15, -0.1) is 0 Å². The molecule has 0 saturated heterocycles. The summed E-state index contributed by atoms with van der Waals surface area (Å²) >= 11 is 0. The van der Waals surface area contributed by atoms with E-state index in [1.54, 1.807) is 0 Å². The molecule has 1 aliphatic rings. The quantitative estimate of drug-likeness (QED) is 0.257. The third-order valence-electron chi connectivity index (χ3n) is 7.96. The summed E-state index contributed by atoms with van der Waals surface area (Å²) in [5.74, 6) is 1.21. The monoisotopic (exact) mass is 479 g/mol. The number of hydrogen-bond donors (Lipinski definition) is 0. The number of furan rings is 1. The number of hydrogen-bond acceptors (Lipinski definition) is 3. The third-order valence-corrected chi connectivity index (χ3v) is 7.96. The van der Waals surface area contributed by atoms with Gasteiger partial charge in [0.05, 0.1) is 22.5 Å². The zero-order valence-corrected chi connectivity index (χ0v) is 22.3. The van der Waals surface area contributed by atoms with Crippen molar-refractivity contribution in [2.75, 3.05) is 4.90 Å². The fourth-order valence-corrected chi connectivity index (χ4v) is 6.50. The van der Waals surface area contributed by atoms with E-state index in [4.69, 9.17) is 4.42 Å². The number of anilines is 1. The average molecular weight is 480 g/mol. The predicted molar refractivity (Wildman–Crippen MR) is 148 cm³/mol. The zero-order chi connectivity index (χ0) is 25.4. The third kappa shape index (κ3) is 3.05. The molecule has 0 saturated carbocycles. The molecular weight excluding hydrogens is 444 g/mol. The van der Waals surface area contributed by atoms with Crippen LogP contribution in [0.1, 0.15) is 51.8 Å². The Hall–Kier alpha value is -3.73. The van der Waals surface area contributed by atoms with Crippen LogP contribution in [0.15, 0.2) is 77.5 Å². The van der Waals surface area contributed by atoms with Gasteiger partial charge in [-0.3, -0.25) is 0 Å². The summed E-state index contributed by atoms with van der Waals surface area (Å²) < 4.78 is 10.9. The van der Waals surface area contributed by atoms with Gasteiger partial charge in [-0.2, -0.15) is 4.68 Å². The van der Waals surface area contributed by atoms with Crippen molar-refractivity contribution in [2.24, 2.45) is 7.05 Å². The molecule has 3 heterocycles. The van der Waals surface area contributed by atoms with Crippen LogP contribution in [0.5, 0.6) is 0 Å². The molecule has 0 N–H and O–H groups in total. The highest BCUT2D eigenvalue weighted by Gasteiger charge is 2.43. The molecule has 36 heavy (non-hydrogen) atoms. The molecule has 2 aromatic heterocycles. The van der Waals surface area contributed by atoms with Crippen molar-refractivity contribution in [3.8, 4) is 0 Å². The summed E-state index contributed by atoms with van der Waals surface area (Å²) in [6, 6.07) is 21.8. The van der Waals surface area contributed by atoms with E-state index in [2.05, 4.69) is 135 Å². The Morgan fingerprint density at radius 1 is 0.889 bits per heavy atom. The van der Waals surface area contributed by atoms with Crippen molar-refractivity contribution in [1.82, 2.24) is 9.58 Å². The first-order valence-electron chi connectivity index (χ1n) is 12.9. The average Bonchev–Trinajstić information content (AvgIpc) is 3.49. The summed E-state index contributed by atoms with van der Waals surface area (Å²) in [6.45, 7) is 13.7. The summed E-state index contributed by atoms with van der Waals surface area (Å²) in [4.78, 5) is 4.89. The highest BCUT2D eigenvalue weighted by Crippen LogP contribution is 2.43. The van der Waals surface area contributed by atoms with Crippen LogP contribution in [0, 0.1) is 6.92 Å². The standard InChI is InChI=1S/C31H35N4O/c1-20(2)35-25-14-10-8-12-23(25)30(32(35)7)33-18-19-34(22(33)4)31(5,6)29-21(3)16-17-27-28(29)24-13-9-11-15-26(24)36-27/h8-20,22H,1-7H3/q+1/t22-/m1/s1. The largest absolute Gasteiger partial charge is 0.456 e. The van der Waals surface area contributed by atoms with E-state index in [0.29, 0.717) is 6.04 Å². The predicted octanol–water partition coefficient (Wildman–Crippen LogP) is 7.13. The van der Waals surface area contributed by atoms with Crippen molar-refractivity contribution in [3.63, 3.8) is 0 Å². The molecule has 0 bridgehead atoms. The molecule has 1 aliphatic heterocycles. The molecule has 0 amide bonds. The maximum absolute atomic E-state index is 6.26. The summed E-state index contributed by atoms with van der Waals surface area (Å²) in [7, 11) is 2.17. The highest BCUT2D eigenvalue weighted by atomic mass is 16.3. The smallest absolute Gasteiger partial charge is 0.311 e. The Bertz CT molecular complexity index is 1650. The molecule has 6 rings (SSSR count). The minimum Gasteiger partial charge on any atom is -0.456 e. The van der Waals surface area contributed by atoms with E-state index in [-0.39, 0.29) is 11.7 Å². The van der Waals surface area contributed by atoms with Gasteiger partial charge in [0, 0.05) is 17.0 Å². The summed E-state index contributed by atoms with van der Waals surface area (Å²) in [5.41, 5.74) is 5.47. The van der Waals surface area contributed by atoms with Crippen LogP contribution in [0.25, 0.3) is 32.8 Å². The van der Waals surface area contributed by atoms with Crippen LogP contribution in [0.4, 0.5) is 5.82 Å². The Morgan fingerprint density at radius 3 is 2.33 bits per heavy atom. The topological polar surface area (TPSA) is 28.4 Å². The molecule has 5 nitrogen and oxygen atoms in total. The SMILES string of the molecule is Cc1ccc2oc3ccccc3c2c1C(C)(C)N1C=CN(c2c3ccccc3n(C(C)C)[n+]2C)[C@H]1C. The van der Waals surface area contributed by atoms with Crippen molar-refractivity contribution in [3.05, 3.63) is 84.2 Å². The second kappa shape index (κ2) is 7.89. The number of fused-ring (bicyclic) bond motifs is 4. The van der Waals surface area contributed by atoms with E-state index in [1.165, 1.54) is 38.6 Å². The molecule has 0 unspecified atom stereocenters. The van der Waals surface area contributed by atoms with Crippen molar-refractivity contribution in [1.29, 1.82) is 0 Å². The van der Waals surface area contributed by atoms with E-state index in [1.807, 2.05) is 6.07 Å². The fourth-order valence-electron chi connectivity index (χ4n) is 6.50. The van der Waals surface area contributed by atoms with Gasteiger partial charge in [-0.25, -0.2) is 9.58 Å². The number of aryl methyl sites for hydroxylation is 1. The molecule has 0 fully saturated rings. The Balaban J connectivity index is 1.48. The van der Waals surface area contributed by atoms with Crippen molar-refractivity contribution >= 4 is 38.7 Å². The van der Waals surface area contributed by atoms with Crippen LogP contribution in [0.3, 0.4) is 0 Å². The summed E-state index contributed by atoms with van der Waals surface area (Å²) in [6.07, 6.45) is 4.62. The van der Waals surface area contributed by atoms with Crippen LogP contribution in [0.2, 0.25) is 0 Å². The lowest BCUT2D eigenvalue weighted by atomic mass is 9.85. The van der Waals surface area contributed by atoms with Gasteiger partial charge in [-0.05, 0) is 76.9 Å². The molecule has 0 radical (unpaired) electrons. The van der Waals surface area contributed by atoms with E-state index in [9.17, 15) is 0 Å². The van der Waals surface area contributed by atoms with E-state index >= 15 is 0 Å². The molecule has 184 valence electrons. The highest BCUT2D eigenvalue weighted by molar-refractivity contribution is 6.07. The fraction of sp³-hybridized carbons (Fsp3) is 0.323. The lowest BCUT2D eigenvalue weighted by molar-refractivity contribution is -0.741. The van der Waals surface area contributed by atoms with Gasteiger partial charge in [0.15, 0.2) is 6.17 Å². The second-order valence-corrected chi connectivity index (χ2v) is 10.8. The normalized spacial score (nSPS) is 16.5. The molecule has 5 heteroatoms. The molecule has 0 spiro atoms. The lowest BCUT2D eigenvalue weighted by Crippen LogP contribution is -2.50. The van der Waals surface area contributed by atoms with Crippen LogP contribution in [-0.4, -0.2) is 15.7 Å². The number of nitrogens with zero attached hydrogens (tertiary/aromatic N) is 4. The Morgan fingerprint density at radius 2 is 1.58 bits per heavy atom. The molecule has 0 aliphatic carbocycles. The molecular formula is C31H35N4O+. The first-order chi connectivity index (χ1) is 17.2. The summed E-state index contributed by atoms with van der Waals surface area (Å²) in [5, 5.41) is 3.67. The van der Waals surface area contributed by atoms with E-state index in [0.717, 1.165) is 11.2 Å². The molecule has 1 atom stereocenters. The first-order valence-corrected chi connectivity index (χ1v) is 12.9. The second-order valence-electron chi connectivity index (χ2n) is 10.8. The Labute approximate surface area is 212 Å². The van der Waals surface area contributed by atoms with Gasteiger partial charge in [-0.1, -0.05) is 36.4 Å². The number of benzene rings is 3. The lowest BCUT2D eigenvalue weighted by Gasteiger charge is -2.40. The van der Waals surface area contributed by atoms with Crippen LogP contribution < -0.4 is 9.58 Å². The number of rotatable bonds is 4. The molecule has 5 aromatic rings. The van der Waals surface area contributed by atoms with Gasteiger partial charge >= 0.3 is 5.82 Å². The minimum absolute atomic E-state index is 0.130. The Kier molecular flexibility index (Phi) is 4.98. The maximum Gasteiger partial charge on any atom is 0.311 e. The number of aromatic nitrogens is 2. The van der Waals surface area contributed by atoms with Crippen LogP contribution >= 0.6 is 0 Å².